The van der Waals surface area contributed by atoms with Crippen LogP contribution in [0.2, 0.25) is 0 Å². The van der Waals surface area contributed by atoms with Crippen molar-refractivity contribution in [3.63, 3.8) is 0 Å². The standard InChI is InChI=1S/C32H27FN6O4/c1-42-26-15-22-25(16-27(26)43-2)37-32(34)38-29(22)36-24-13-12-20(14-23(24)33)35-30(40)28(18-8-4-3-5-9-18)39-17-19-10-6-7-11-21(19)31(39)41/h3-16,28H,17H2,1-2H3,(H,35,40)(H3,34,36,37,38). The monoisotopic (exact) mass is 578 g/mol. The highest BCUT2D eigenvalue weighted by atomic mass is 19.1. The molecular formula is C32H27FN6O4. The van der Waals surface area contributed by atoms with Gasteiger partial charge in [-0.15, -0.1) is 0 Å². The van der Waals surface area contributed by atoms with E-state index in [1.165, 1.54) is 31.3 Å². The van der Waals surface area contributed by atoms with Crippen LogP contribution >= 0.6 is 0 Å². The summed E-state index contributed by atoms with van der Waals surface area (Å²) in [5.41, 5.74) is 8.75. The fourth-order valence-electron chi connectivity index (χ4n) is 5.19. The van der Waals surface area contributed by atoms with Gasteiger partial charge in [0.25, 0.3) is 11.8 Å². The quantitative estimate of drug-likeness (QED) is 0.222. The number of carbonyl (C=O) groups excluding carboxylic acids is 2. The van der Waals surface area contributed by atoms with Gasteiger partial charge in [-0.2, -0.15) is 4.98 Å². The number of methoxy groups -OCH3 is 2. The molecule has 1 aliphatic rings. The average Bonchev–Trinajstić information content (AvgIpc) is 3.34. The number of nitrogens with zero attached hydrogens (tertiary/aromatic N) is 3. The summed E-state index contributed by atoms with van der Waals surface area (Å²) in [7, 11) is 3.01. The van der Waals surface area contributed by atoms with E-state index in [0.29, 0.717) is 33.5 Å². The molecule has 4 N–H and O–H groups in total. The maximum absolute atomic E-state index is 15.4. The van der Waals surface area contributed by atoms with Crippen LogP contribution in [0.4, 0.5) is 27.5 Å². The largest absolute Gasteiger partial charge is 0.493 e. The van der Waals surface area contributed by atoms with Gasteiger partial charge in [0.05, 0.1) is 25.4 Å². The van der Waals surface area contributed by atoms with Crippen molar-refractivity contribution in [3.05, 3.63) is 107 Å². The molecule has 1 unspecified atom stereocenters. The smallest absolute Gasteiger partial charge is 0.255 e. The molecule has 4 aromatic carbocycles. The molecule has 1 atom stereocenters. The molecule has 0 fully saturated rings. The Labute approximate surface area is 246 Å². The maximum atomic E-state index is 15.4. The number of nitrogens with one attached hydrogen (secondary N) is 2. The summed E-state index contributed by atoms with van der Waals surface area (Å²) >= 11 is 0. The van der Waals surface area contributed by atoms with E-state index in [9.17, 15) is 9.59 Å². The summed E-state index contributed by atoms with van der Waals surface area (Å²) < 4.78 is 26.2. The highest BCUT2D eigenvalue weighted by Crippen LogP contribution is 2.36. The number of ether oxygens (including phenoxy) is 2. The van der Waals surface area contributed by atoms with Crippen molar-refractivity contribution >= 4 is 45.9 Å². The fraction of sp³-hybridized carbons (Fsp3) is 0.125. The van der Waals surface area contributed by atoms with Crippen LogP contribution < -0.4 is 25.8 Å². The SMILES string of the molecule is COc1cc2nc(N)nc(Nc3ccc(NC(=O)C(c4ccccc4)N4Cc5ccccc5C4=O)cc3F)c2cc1OC. The molecule has 0 saturated heterocycles. The number of nitrogen functional groups attached to an aromatic ring is 1. The lowest BCUT2D eigenvalue weighted by atomic mass is 10.0. The van der Waals surface area contributed by atoms with Gasteiger partial charge in [0.2, 0.25) is 5.95 Å². The van der Waals surface area contributed by atoms with E-state index in [4.69, 9.17) is 15.2 Å². The summed E-state index contributed by atoms with van der Waals surface area (Å²) in [4.78, 5) is 37.0. The number of rotatable bonds is 8. The maximum Gasteiger partial charge on any atom is 0.255 e. The first-order valence-electron chi connectivity index (χ1n) is 13.4. The van der Waals surface area contributed by atoms with Crippen LogP contribution in [0, 0.1) is 5.82 Å². The Morgan fingerprint density at radius 3 is 2.40 bits per heavy atom. The second-order valence-electron chi connectivity index (χ2n) is 9.87. The minimum atomic E-state index is -0.927. The Balaban J connectivity index is 1.27. The Morgan fingerprint density at radius 1 is 0.953 bits per heavy atom. The summed E-state index contributed by atoms with van der Waals surface area (Å²) in [5, 5.41) is 6.29. The van der Waals surface area contributed by atoms with E-state index >= 15 is 4.39 Å². The molecule has 11 heteroatoms. The van der Waals surface area contributed by atoms with E-state index in [2.05, 4.69) is 20.6 Å². The molecule has 6 rings (SSSR count). The molecule has 5 aromatic rings. The first kappa shape index (κ1) is 27.5. The number of fused-ring (bicyclic) bond motifs is 2. The van der Waals surface area contributed by atoms with Crippen molar-refractivity contribution in [2.75, 3.05) is 30.6 Å². The third-order valence-electron chi connectivity index (χ3n) is 7.23. The second-order valence-corrected chi connectivity index (χ2v) is 9.87. The molecule has 0 saturated carbocycles. The molecule has 1 aromatic heterocycles. The zero-order valence-corrected chi connectivity index (χ0v) is 23.3. The third-order valence-corrected chi connectivity index (χ3v) is 7.23. The van der Waals surface area contributed by atoms with E-state index in [0.717, 1.165) is 5.56 Å². The van der Waals surface area contributed by atoms with Crippen LogP contribution in [0.1, 0.15) is 27.5 Å². The number of anilines is 4. The first-order valence-corrected chi connectivity index (χ1v) is 13.4. The third kappa shape index (κ3) is 5.23. The summed E-state index contributed by atoms with van der Waals surface area (Å²) in [6.45, 7) is 0.284. The number of aromatic nitrogens is 2. The highest BCUT2D eigenvalue weighted by Gasteiger charge is 2.37. The number of halogens is 1. The Morgan fingerprint density at radius 2 is 1.67 bits per heavy atom. The Bertz CT molecular complexity index is 1870. The Kier molecular flexibility index (Phi) is 7.21. The molecule has 43 heavy (non-hydrogen) atoms. The van der Waals surface area contributed by atoms with Gasteiger partial charge in [0, 0.05) is 29.2 Å². The number of carbonyl (C=O) groups is 2. The molecular weight excluding hydrogens is 551 g/mol. The van der Waals surface area contributed by atoms with Crippen molar-refractivity contribution in [1.29, 1.82) is 0 Å². The van der Waals surface area contributed by atoms with Gasteiger partial charge in [-0.3, -0.25) is 9.59 Å². The number of hydrogen-bond acceptors (Lipinski definition) is 8. The van der Waals surface area contributed by atoms with Crippen molar-refractivity contribution in [1.82, 2.24) is 14.9 Å². The van der Waals surface area contributed by atoms with Gasteiger partial charge >= 0.3 is 0 Å². The zero-order valence-electron chi connectivity index (χ0n) is 23.3. The van der Waals surface area contributed by atoms with Crippen LogP contribution in [0.25, 0.3) is 10.9 Å². The molecule has 216 valence electrons. The molecule has 1 aliphatic heterocycles. The van der Waals surface area contributed by atoms with Crippen LogP contribution in [0.15, 0.2) is 84.9 Å². The average molecular weight is 579 g/mol. The predicted molar refractivity (Wildman–Crippen MR) is 161 cm³/mol. The van der Waals surface area contributed by atoms with Crippen molar-refractivity contribution in [3.8, 4) is 11.5 Å². The van der Waals surface area contributed by atoms with E-state index < -0.39 is 17.8 Å². The summed E-state index contributed by atoms with van der Waals surface area (Å²) in [6.07, 6.45) is 0. The summed E-state index contributed by atoms with van der Waals surface area (Å²) in [6, 6.07) is 22.9. The van der Waals surface area contributed by atoms with Gasteiger partial charge < -0.3 is 30.7 Å². The zero-order chi connectivity index (χ0) is 30.1. The normalized spacial score (nSPS) is 13.0. The minimum absolute atomic E-state index is 0.0166. The van der Waals surface area contributed by atoms with Gasteiger partial charge in [-0.1, -0.05) is 48.5 Å². The van der Waals surface area contributed by atoms with Crippen LogP contribution in [-0.2, 0) is 11.3 Å². The Hall–Kier alpha value is -5.71. The lowest BCUT2D eigenvalue weighted by Gasteiger charge is -2.27. The number of nitrogens with two attached hydrogens (primary N) is 1. The highest BCUT2D eigenvalue weighted by molar-refractivity contribution is 6.04. The van der Waals surface area contributed by atoms with Crippen molar-refractivity contribution < 1.29 is 23.5 Å². The second kappa shape index (κ2) is 11.3. The van der Waals surface area contributed by atoms with E-state index in [1.54, 1.807) is 54.6 Å². The van der Waals surface area contributed by atoms with Crippen LogP contribution in [0.3, 0.4) is 0 Å². The van der Waals surface area contributed by atoms with E-state index in [-0.39, 0.29) is 35.6 Å². The molecule has 10 nitrogen and oxygen atoms in total. The van der Waals surface area contributed by atoms with Gasteiger partial charge in [0.15, 0.2) is 11.5 Å². The topological polar surface area (TPSA) is 132 Å². The number of amides is 2. The lowest BCUT2D eigenvalue weighted by Crippen LogP contribution is -2.37. The first-order chi connectivity index (χ1) is 20.9. The van der Waals surface area contributed by atoms with Gasteiger partial charge in [-0.25, -0.2) is 9.37 Å². The predicted octanol–water partition coefficient (Wildman–Crippen LogP) is 5.45. The molecule has 0 bridgehead atoms. The summed E-state index contributed by atoms with van der Waals surface area (Å²) in [5.74, 6) is -0.216. The molecule has 0 radical (unpaired) electrons. The fourth-order valence-corrected chi connectivity index (χ4v) is 5.19. The number of benzene rings is 4. The van der Waals surface area contributed by atoms with Gasteiger partial charge in [0.1, 0.15) is 17.7 Å². The van der Waals surface area contributed by atoms with Crippen molar-refractivity contribution in [2.45, 2.75) is 12.6 Å². The lowest BCUT2D eigenvalue weighted by molar-refractivity contribution is -0.120. The van der Waals surface area contributed by atoms with Crippen LogP contribution in [-0.4, -0.2) is 40.9 Å². The molecule has 2 amide bonds. The number of hydrogen-bond donors (Lipinski definition) is 3. The van der Waals surface area contributed by atoms with E-state index in [1.807, 2.05) is 18.2 Å². The molecule has 0 aliphatic carbocycles. The van der Waals surface area contributed by atoms with Gasteiger partial charge in [-0.05, 0) is 41.5 Å². The van der Waals surface area contributed by atoms with Crippen LogP contribution in [0.5, 0.6) is 11.5 Å². The minimum Gasteiger partial charge on any atom is -0.493 e. The molecule has 2 heterocycles. The van der Waals surface area contributed by atoms with Crippen molar-refractivity contribution in [2.24, 2.45) is 0 Å². The molecule has 0 spiro atoms.